The van der Waals surface area contributed by atoms with Crippen LogP contribution in [0.5, 0.6) is 23.4 Å². The minimum atomic E-state index is -1.74. The van der Waals surface area contributed by atoms with E-state index in [0.29, 0.717) is 22.7 Å². The van der Waals surface area contributed by atoms with Gasteiger partial charge in [0.05, 0.1) is 34.4 Å². The lowest BCUT2D eigenvalue weighted by atomic mass is 9.71. The first-order chi connectivity index (χ1) is 20.1. The minimum Gasteiger partial charge on any atom is -0.494 e. The molecule has 0 fully saturated rings. The average molecular weight is 596 g/mol. The van der Waals surface area contributed by atoms with Crippen LogP contribution in [-0.4, -0.2) is 69.1 Å². The molecule has 0 aliphatic rings. The van der Waals surface area contributed by atoms with Gasteiger partial charge in [0.15, 0.2) is 11.6 Å². The van der Waals surface area contributed by atoms with Crippen molar-refractivity contribution in [2.45, 2.75) is 17.9 Å². The Morgan fingerprint density at radius 2 is 1.55 bits per heavy atom. The summed E-state index contributed by atoms with van der Waals surface area (Å²) in [5.41, 5.74) is 0.903. The fourth-order valence-corrected chi connectivity index (χ4v) is 5.15. The van der Waals surface area contributed by atoms with Gasteiger partial charge in [-0.3, -0.25) is 0 Å². The molecule has 0 aliphatic heterocycles. The maximum Gasteiger partial charge on any atom is 0.217 e. The zero-order valence-electron chi connectivity index (χ0n) is 24.5. The molecule has 10 heteroatoms. The SMILES string of the molecule is COc1cc([C@@](O)(CCN(C)C)[C@H](c2cc(-c3ccc(Cl)cc3)cnc2OC)c2cccc(OC)c2F)cc(OC)n1. The quantitative estimate of drug-likeness (QED) is 0.215. The lowest BCUT2D eigenvalue weighted by Crippen LogP contribution is -2.38. The van der Waals surface area contributed by atoms with Gasteiger partial charge in [0.2, 0.25) is 17.6 Å². The first kappa shape index (κ1) is 31.0. The molecule has 0 radical (unpaired) electrons. The smallest absolute Gasteiger partial charge is 0.217 e. The molecule has 2 heterocycles. The topological polar surface area (TPSA) is 86.2 Å². The zero-order valence-corrected chi connectivity index (χ0v) is 25.3. The predicted octanol–water partition coefficient (Wildman–Crippen LogP) is 5.94. The highest BCUT2D eigenvalue weighted by Crippen LogP contribution is 2.49. The highest BCUT2D eigenvalue weighted by Gasteiger charge is 2.44. The highest BCUT2D eigenvalue weighted by molar-refractivity contribution is 6.30. The van der Waals surface area contributed by atoms with Crippen LogP contribution in [0.2, 0.25) is 5.02 Å². The van der Waals surface area contributed by atoms with Crippen LogP contribution in [-0.2, 0) is 5.60 Å². The Labute approximate surface area is 250 Å². The van der Waals surface area contributed by atoms with E-state index in [-0.39, 0.29) is 35.4 Å². The van der Waals surface area contributed by atoms with Gasteiger partial charge in [-0.2, -0.15) is 4.98 Å². The molecule has 0 unspecified atom stereocenters. The number of aromatic nitrogens is 2. The number of hydrogen-bond donors (Lipinski definition) is 1. The number of benzene rings is 2. The first-order valence-corrected chi connectivity index (χ1v) is 13.6. The molecular formula is C32H35ClFN3O5. The van der Waals surface area contributed by atoms with Gasteiger partial charge in [0, 0.05) is 46.6 Å². The summed E-state index contributed by atoms with van der Waals surface area (Å²) < 4.78 is 38.2. The van der Waals surface area contributed by atoms with Gasteiger partial charge >= 0.3 is 0 Å². The minimum absolute atomic E-state index is 0.0399. The summed E-state index contributed by atoms with van der Waals surface area (Å²) in [4.78, 5) is 10.9. The number of aliphatic hydroxyl groups is 1. The van der Waals surface area contributed by atoms with Gasteiger partial charge in [0.1, 0.15) is 5.60 Å². The maximum absolute atomic E-state index is 16.3. The molecular weight excluding hydrogens is 561 g/mol. The summed E-state index contributed by atoms with van der Waals surface area (Å²) in [6, 6.07) is 17.3. The summed E-state index contributed by atoms with van der Waals surface area (Å²) in [5, 5.41) is 13.6. The van der Waals surface area contributed by atoms with Crippen molar-refractivity contribution in [1.29, 1.82) is 0 Å². The summed E-state index contributed by atoms with van der Waals surface area (Å²) in [6.45, 7) is 0.457. The fourth-order valence-electron chi connectivity index (χ4n) is 5.03. The monoisotopic (exact) mass is 595 g/mol. The molecule has 2 atom stereocenters. The Morgan fingerprint density at radius 3 is 2.12 bits per heavy atom. The average Bonchev–Trinajstić information content (AvgIpc) is 3.01. The third kappa shape index (κ3) is 6.43. The molecule has 0 bridgehead atoms. The summed E-state index contributed by atoms with van der Waals surface area (Å²) in [6.07, 6.45) is 1.86. The number of ether oxygens (including phenoxy) is 4. The van der Waals surface area contributed by atoms with Crippen molar-refractivity contribution in [2.24, 2.45) is 0 Å². The zero-order chi connectivity index (χ0) is 30.4. The molecule has 222 valence electrons. The van der Waals surface area contributed by atoms with Crippen LogP contribution in [0.15, 0.2) is 66.9 Å². The van der Waals surface area contributed by atoms with Gasteiger partial charge in [-0.25, -0.2) is 9.37 Å². The van der Waals surface area contributed by atoms with E-state index in [2.05, 4.69) is 9.97 Å². The second kappa shape index (κ2) is 13.4. The van der Waals surface area contributed by atoms with E-state index in [0.717, 1.165) is 11.1 Å². The van der Waals surface area contributed by atoms with Crippen LogP contribution in [0.1, 0.15) is 29.0 Å². The standard InChI is InChI=1S/C32H35ClFN3O5/c1-37(2)15-14-32(38,22-17-27(40-4)36-28(18-22)41-5)29(24-8-7-9-26(39-3)30(24)34)25-16-21(19-35-31(25)42-6)20-10-12-23(33)13-11-20/h7-13,16-19,29,38H,14-15H2,1-6H3/t29-,32-/m0/s1. The summed E-state index contributed by atoms with van der Waals surface area (Å²) in [7, 11) is 9.65. The van der Waals surface area contributed by atoms with Crippen LogP contribution >= 0.6 is 11.6 Å². The molecule has 0 aliphatic carbocycles. The number of nitrogens with zero attached hydrogens (tertiary/aromatic N) is 3. The normalized spacial score (nSPS) is 13.4. The lowest BCUT2D eigenvalue weighted by molar-refractivity contribution is 0.00229. The van der Waals surface area contributed by atoms with Gasteiger partial charge in [-0.05, 0) is 55.9 Å². The van der Waals surface area contributed by atoms with E-state index in [4.69, 9.17) is 30.5 Å². The van der Waals surface area contributed by atoms with E-state index in [9.17, 15) is 5.11 Å². The predicted molar refractivity (Wildman–Crippen MR) is 160 cm³/mol. The van der Waals surface area contributed by atoms with Gasteiger partial charge in [0.25, 0.3) is 0 Å². The fraction of sp³-hybridized carbons (Fsp3) is 0.312. The molecule has 2 aromatic heterocycles. The summed E-state index contributed by atoms with van der Waals surface area (Å²) >= 11 is 6.14. The number of hydrogen-bond acceptors (Lipinski definition) is 8. The number of rotatable bonds is 12. The molecule has 42 heavy (non-hydrogen) atoms. The Kier molecular flexibility index (Phi) is 9.88. The molecule has 0 spiro atoms. The van der Waals surface area contributed by atoms with E-state index in [1.807, 2.05) is 37.2 Å². The van der Waals surface area contributed by atoms with Crippen LogP contribution in [0.4, 0.5) is 4.39 Å². The Morgan fingerprint density at radius 1 is 0.881 bits per heavy atom. The number of methoxy groups -OCH3 is 4. The van der Waals surface area contributed by atoms with Crippen LogP contribution in [0.3, 0.4) is 0 Å². The number of halogens is 2. The second-order valence-corrected chi connectivity index (χ2v) is 10.5. The van der Waals surface area contributed by atoms with Crippen LogP contribution in [0.25, 0.3) is 11.1 Å². The molecule has 1 N–H and O–H groups in total. The van der Waals surface area contributed by atoms with Crippen LogP contribution < -0.4 is 18.9 Å². The largest absolute Gasteiger partial charge is 0.494 e. The molecule has 4 rings (SSSR count). The highest BCUT2D eigenvalue weighted by atomic mass is 35.5. The van der Waals surface area contributed by atoms with Crippen molar-refractivity contribution in [3.8, 4) is 34.5 Å². The van der Waals surface area contributed by atoms with Gasteiger partial charge in [-0.1, -0.05) is 35.9 Å². The lowest BCUT2D eigenvalue weighted by Gasteiger charge is -2.39. The van der Waals surface area contributed by atoms with Crippen molar-refractivity contribution < 1.29 is 28.4 Å². The first-order valence-electron chi connectivity index (χ1n) is 13.2. The van der Waals surface area contributed by atoms with Crippen molar-refractivity contribution in [3.63, 3.8) is 0 Å². The van der Waals surface area contributed by atoms with Crippen molar-refractivity contribution >= 4 is 11.6 Å². The van der Waals surface area contributed by atoms with E-state index >= 15 is 4.39 Å². The Hall–Kier alpha value is -3.92. The summed E-state index contributed by atoms with van der Waals surface area (Å²) in [5.74, 6) is -0.899. The number of pyridine rings is 2. The van der Waals surface area contributed by atoms with Crippen molar-refractivity contribution in [2.75, 3.05) is 49.1 Å². The van der Waals surface area contributed by atoms with Crippen LogP contribution in [0, 0.1) is 5.82 Å². The molecule has 4 aromatic rings. The molecule has 0 amide bonds. The third-order valence-electron chi connectivity index (χ3n) is 7.20. The van der Waals surface area contributed by atoms with Gasteiger partial charge in [-0.15, -0.1) is 0 Å². The van der Waals surface area contributed by atoms with Crippen molar-refractivity contribution in [1.82, 2.24) is 14.9 Å². The van der Waals surface area contributed by atoms with E-state index in [1.165, 1.54) is 34.5 Å². The molecule has 2 aromatic carbocycles. The van der Waals surface area contributed by atoms with Crippen molar-refractivity contribution in [3.05, 3.63) is 94.4 Å². The van der Waals surface area contributed by atoms with E-state index < -0.39 is 17.3 Å². The third-order valence-corrected chi connectivity index (χ3v) is 7.45. The second-order valence-electron chi connectivity index (χ2n) is 10.0. The molecule has 0 saturated carbocycles. The molecule has 0 saturated heterocycles. The van der Waals surface area contributed by atoms with Gasteiger partial charge < -0.3 is 29.0 Å². The molecule has 8 nitrogen and oxygen atoms in total. The van der Waals surface area contributed by atoms with E-state index in [1.54, 1.807) is 42.6 Å². The Balaban J connectivity index is 2.09. The Bertz CT molecular complexity index is 1500. The maximum atomic E-state index is 16.3.